The average molecular weight is 304 g/mol. The molecular formula is C18H28N2O2. The highest BCUT2D eigenvalue weighted by atomic mass is 16.5. The van der Waals surface area contributed by atoms with Gasteiger partial charge in [0.05, 0.1) is 12.6 Å². The molecule has 0 heterocycles. The van der Waals surface area contributed by atoms with Gasteiger partial charge in [-0.1, -0.05) is 49.6 Å². The zero-order chi connectivity index (χ0) is 15.8. The summed E-state index contributed by atoms with van der Waals surface area (Å²) in [5.41, 5.74) is 1.18. The molecule has 4 heteroatoms. The maximum atomic E-state index is 12.7. The second-order valence-electron chi connectivity index (χ2n) is 6.21. The number of nitrogens with zero attached hydrogens (tertiary/aromatic N) is 1. The van der Waals surface area contributed by atoms with Crippen LogP contribution in [0.4, 0.5) is 4.79 Å². The minimum atomic E-state index is 0.0272. The van der Waals surface area contributed by atoms with E-state index in [-0.39, 0.29) is 12.1 Å². The lowest BCUT2D eigenvalue weighted by Crippen LogP contribution is -2.49. The van der Waals surface area contributed by atoms with Crippen LogP contribution in [0.5, 0.6) is 0 Å². The first-order valence-electron chi connectivity index (χ1n) is 8.30. The van der Waals surface area contributed by atoms with Crippen molar-refractivity contribution in [2.24, 2.45) is 0 Å². The van der Waals surface area contributed by atoms with Gasteiger partial charge in [0, 0.05) is 19.7 Å². The Morgan fingerprint density at radius 1 is 1.27 bits per heavy atom. The Morgan fingerprint density at radius 3 is 2.59 bits per heavy atom. The summed E-state index contributed by atoms with van der Waals surface area (Å²) in [4.78, 5) is 14.7. The Kier molecular flexibility index (Phi) is 6.72. The lowest BCUT2D eigenvalue weighted by atomic mass is 9.94. The van der Waals surface area contributed by atoms with Gasteiger partial charge in [-0.2, -0.15) is 0 Å². The maximum absolute atomic E-state index is 12.7. The van der Waals surface area contributed by atoms with E-state index in [4.69, 9.17) is 4.74 Å². The molecule has 1 aromatic rings. The summed E-state index contributed by atoms with van der Waals surface area (Å²) in [6.07, 6.45) is 5.95. The van der Waals surface area contributed by atoms with Crippen LogP contribution in [0.1, 0.15) is 44.6 Å². The number of carbonyl (C=O) groups excluding carboxylic acids is 1. The fourth-order valence-corrected chi connectivity index (χ4v) is 3.12. The van der Waals surface area contributed by atoms with Gasteiger partial charge in [-0.15, -0.1) is 0 Å². The molecule has 2 amide bonds. The van der Waals surface area contributed by atoms with Gasteiger partial charge in [-0.25, -0.2) is 4.79 Å². The number of urea groups is 1. The van der Waals surface area contributed by atoms with E-state index in [2.05, 4.69) is 17.4 Å². The highest BCUT2D eigenvalue weighted by Crippen LogP contribution is 2.24. The number of hydrogen-bond donors (Lipinski definition) is 1. The minimum Gasteiger partial charge on any atom is -0.383 e. The van der Waals surface area contributed by atoms with Crippen molar-refractivity contribution in [3.63, 3.8) is 0 Å². The summed E-state index contributed by atoms with van der Waals surface area (Å²) in [6.45, 7) is 3.19. The number of methoxy groups -OCH3 is 1. The van der Waals surface area contributed by atoms with Crippen molar-refractivity contribution in [2.45, 2.75) is 57.7 Å². The summed E-state index contributed by atoms with van der Waals surface area (Å²) < 4.78 is 5.11. The first-order chi connectivity index (χ1) is 10.7. The Morgan fingerprint density at radius 2 is 1.95 bits per heavy atom. The zero-order valence-electron chi connectivity index (χ0n) is 13.8. The molecule has 1 atom stereocenters. The molecule has 0 aromatic heterocycles. The van der Waals surface area contributed by atoms with Crippen LogP contribution < -0.4 is 5.32 Å². The van der Waals surface area contributed by atoms with Crippen LogP contribution in [0.2, 0.25) is 0 Å². The Hall–Kier alpha value is -1.55. The smallest absolute Gasteiger partial charge is 0.318 e. The SMILES string of the molecule is COC[C@@H](C)NC(=O)N(Cc1ccccc1)C1CCCCC1. The van der Waals surface area contributed by atoms with Crippen molar-refractivity contribution in [3.8, 4) is 0 Å². The van der Waals surface area contributed by atoms with Gasteiger partial charge in [0.15, 0.2) is 0 Å². The number of amides is 2. The molecule has 0 bridgehead atoms. The van der Waals surface area contributed by atoms with Gasteiger partial charge in [0.2, 0.25) is 0 Å². The normalized spacial score (nSPS) is 17.0. The molecule has 122 valence electrons. The molecular weight excluding hydrogens is 276 g/mol. The molecule has 22 heavy (non-hydrogen) atoms. The molecule has 1 N–H and O–H groups in total. The van der Waals surface area contributed by atoms with E-state index in [1.807, 2.05) is 30.0 Å². The van der Waals surface area contributed by atoms with E-state index in [1.165, 1.54) is 24.8 Å². The first-order valence-corrected chi connectivity index (χ1v) is 8.30. The van der Waals surface area contributed by atoms with Gasteiger partial charge in [-0.3, -0.25) is 0 Å². The van der Waals surface area contributed by atoms with Gasteiger partial charge in [-0.05, 0) is 25.3 Å². The van der Waals surface area contributed by atoms with Crippen LogP contribution in [0, 0.1) is 0 Å². The third-order valence-electron chi connectivity index (χ3n) is 4.26. The van der Waals surface area contributed by atoms with E-state index in [1.54, 1.807) is 7.11 Å². The average Bonchev–Trinajstić information content (AvgIpc) is 2.54. The molecule has 1 saturated carbocycles. The van der Waals surface area contributed by atoms with Crippen molar-refractivity contribution in [1.29, 1.82) is 0 Å². The molecule has 0 saturated heterocycles. The van der Waals surface area contributed by atoms with Crippen LogP contribution >= 0.6 is 0 Å². The van der Waals surface area contributed by atoms with Crippen LogP contribution in [0.15, 0.2) is 30.3 Å². The van der Waals surface area contributed by atoms with Crippen molar-refractivity contribution in [3.05, 3.63) is 35.9 Å². The molecule has 1 aliphatic carbocycles. The highest BCUT2D eigenvalue weighted by Gasteiger charge is 2.26. The van der Waals surface area contributed by atoms with Crippen LogP contribution in [-0.4, -0.2) is 36.7 Å². The van der Waals surface area contributed by atoms with Crippen molar-refractivity contribution in [1.82, 2.24) is 10.2 Å². The van der Waals surface area contributed by atoms with Gasteiger partial charge in [0.25, 0.3) is 0 Å². The molecule has 2 rings (SSSR count). The molecule has 0 spiro atoms. The molecule has 0 radical (unpaired) electrons. The second kappa shape index (κ2) is 8.79. The van der Waals surface area contributed by atoms with E-state index < -0.39 is 0 Å². The summed E-state index contributed by atoms with van der Waals surface area (Å²) in [7, 11) is 1.66. The van der Waals surface area contributed by atoms with Crippen molar-refractivity contribution >= 4 is 6.03 Å². The third kappa shape index (κ3) is 5.02. The summed E-state index contributed by atoms with van der Waals surface area (Å²) >= 11 is 0. The quantitative estimate of drug-likeness (QED) is 0.873. The lowest BCUT2D eigenvalue weighted by molar-refractivity contribution is 0.135. The predicted octanol–water partition coefficient (Wildman–Crippen LogP) is 3.57. The molecule has 0 unspecified atom stereocenters. The lowest BCUT2D eigenvalue weighted by Gasteiger charge is -2.35. The zero-order valence-corrected chi connectivity index (χ0v) is 13.8. The van der Waals surface area contributed by atoms with Gasteiger partial charge < -0.3 is 15.0 Å². The number of rotatable bonds is 6. The predicted molar refractivity (Wildman–Crippen MR) is 88.7 cm³/mol. The third-order valence-corrected chi connectivity index (χ3v) is 4.26. The summed E-state index contributed by atoms with van der Waals surface area (Å²) in [6, 6.07) is 10.6. The number of nitrogens with one attached hydrogen (secondary N) is 1. The second-order valence-corrected chi connectivity index (χ2v) is 6.21. The standard InChI is InChI=1S/C18H28N2O2/c1-15(14-22-2)19-18(21)20(17-11-7-4-8-12-17)13-16-9-5-3-6-10-16/h3,5-6,9-10,15,17H,4,7-8,11-14H2,1-2H3,(H,19,21)/t15-/m1/s1. The highest BCUT2D eigenvalue weighted by molar-refractivity contribution is 5.75. The topological polar surface area (TPSA) is 41.6 Å². The van der Waals surface area contributed by atoms with E-state index in [0.29, 0.717) is 19.2 Å². The number of benzene rings is 1. The Balaban J connectivity index is 2.04. The summed E-state index contributed by atoms with van der Waals surface area (Å²) in [5, 5.41) is 3.06. The van der Waals surface area contributed by atoms with E-state index >= 15 is 0 Å². The number of hydrogen-bond acceptors (Lipinski definition) is 2. The monoisotopic (exact) mass is 304 g/mol. The van der Waals surface area contributed by atoms with Gasteiger partial charge in [0.1, 0.15) is 0 Å². The first kappa shape index (κ1) is 16.8. The van der Waals surface area contributed by atoms with Crippen LogP contribution in [0.3, 0.4) is 0 Å². The molecule has 0 aliphatic heterocycles. The summed E-state index contributed by atoms with van der Waals surface area (Å²) in [5.74, 6) is 0. The van der Waals surface area contributed by atoms with Crippen molar-refractivity contribution < 1.29 is 9.53 Å². The van der Waals surface area contributed by atoms with Crippen LogP contribution in [0.25, 0.3) is 0 Å². The van der Waals surface area contributed by atoms with Crippen LogP contribution in [-0.2, 0) is 11.3 Å². The Bertz CT molecular complexity index is 444. The molecule has 1 aliphatic rings. The van der Waals surface area contributed by atoms with E-state index in [0.717, 1.165) is 12.8 Å². The largest absolute Gasteiger partial charge is 0.383 e. The molecule has 1 fully saturated rings. The van der Waals surface area contributed by atoms with Gasteiger partial charge >= 0.3 is 6.03 Å². The number of carbonyl (C=O) groups is 1. The van der Waals surface area contributed by atoms with E-state index in [9.17, 15) is 4.79 Å². The fraction of sp³-hybridized carbons (Fsp3) is 0.611. The molecule has 1 aromatic carbocycles. The maximum Gasteiger partial charge on any atom is 0.318 e. The Labute approximate surface area is 133 Å². The number of ether oxygens (including phenoxy) is 1. The van der Waals surface area contributed by atoms with Crippen molar-refractivity contribution in [2.75, 3.05) is 13.7 Å². The fourth-order valence-electron chi connectivity index (χ4n) is 3.12. The minimum absolute atomic E-state index is 0.0272. The molecule has 4 nitrogen and oxygen atoms in total.